The van der Waals surface area contributed by atoms with Gasteiger partial charge in [0.2, 0.25) is 0 Å². The van der Waals surface area contributed by atoms with Crippen LogP contribution < -0.4 is 5.32 Å². The lowest BCUT2D eigenvalue weighted by molar-refractivity contribution is 1.28. The Balaban J connectivity index is 2.40. The van der Waals surface area contributed by atoms with E-state index in [1.807, 2.05) is 13.0 Å². The van der Waals surface area contributed by atoms with Crippen LogP contribution in [0.15, 0.2) is 36.7 Å². The highest BCUT2D eigenvalue weighted by molar-refractivity contribution is 6.30. The minimum atomic E-state index is 0.553. The fourth-order valence-corrected chi connectivity index (χ4v) is 1.63. The van der Waals surface area contributed by atoms with Crippen molar-refractivity contribution >= 4 is 23.0 Å². The Labute approximate surface area is 105 Å². The summed E-state index contributed by atoms with van der Waals surface area (Å²) < 4.78 is 0. The second kappa shape index (κ2) is 4.86. The van der Waals surface area contributed by atoms with E-state index in [0.29, 0.717) is 16.3 Å². The Morgan fingerprint density at radius 2 is 2.12 bits per heavy atom. The monoisotopic (exact) mass is 243 g/mol. The molecule has 0 fully saturated rings. The topological polar surface area (TPSA) is 48.7 Å². The van der Waals surface area contributed by atoms with Crippen LogP contribution in [-0.2, 0) is 0 Å². The summed E-state index contributed by atoms with van der Waals surface area (Å²) >= 11 is 5.91. The van der Waals surface area contributed by atoms with Gasteiger partial charge < -0.3 is 5.32 Å². The predicted molar refractivity (Wildman–Crippen MR) is 68.4 cm³/mol. The summed E-state index contributed by atoms with van der Waals surface area (Å²) in [5, 5.41) is 12.8. The van der Waals surface area contributed by atoms with Gasteiger partial charge >= 0.3 is 0 Å². The molecule has 0 aliphatic carbocycles. The lowest BCUT2D eigenvalue weighted by atomic mass is 10.1. The van der Waals surface area contributed by atoms with Crippen LogP contribution in [0.4, 0.5) is 11.4 Å². The van der Waals surface area contributed by atoms with Crippen LogP contribution in [0, 0.1) is 18.3 Å². The number of aryl methyl sites for hydroxylation is 1. The average Bonchev–Trinajstić information content (AvgIpc) is 2.32. The van der Waals surface area contributed by atoms with E-state index in [0.717, 1.165) is 11.3 Å². The van der Waals surface area contributed by atoms with E-state index in [9.17, 15) is 0 Å². The molecule has 0 unspecified atom stereocenters. The van der Waals surface area contributed by atoms with E-state index in [4.69, 9.17) is 16.9 Å². The van der Waals surface area contributed by atoms with Gasteiger partial charge in [-0.3, -0.25) is 4.98 Å². The summed E-state index contributed by atoms with van der Waals surface area (Å²) in [5.74, 6) is 0. The molecule has 4 heteroatoms. The number of rotatable bonds is 2. The number of pyridine rings is 1. The molecule has 3 nitrogen and oxygen atoms in total. The van der Waals surface area contributed by atoms with Gasteiger partial charge in [-0.25, -0.2) is 0 Å². The van der Waals surface area contributed by atoms with Crippen LogP contribution in [0.25, 0.3) is 0 Å². The molecule has 84 valence electrons. The van der Waals surface area contributed by atoms with Crippen molar-refractivity contribution in [3.05, 3.63) is 52.8 Å². The van der Waals surface area contributed by atoms with Crippen molar-refractivity contribution < 1.29 is 0 Å². The molecule has 0 bridgehead atoms. The molecule has 1 aromatic carbocycles. The fraction of sp³-hybridized carbons (Fsp3) is 0.0769. The van der Waals surface area contributed by atoms with Crippen LogP contribution in [0.5, 0.6) is 0 Å². The van der Waals surface area contributed by atoms with E-state index in [-0.39, 0.29) is 0 Å². The maximum atomic E-state index is 9.01. The van der Waals surface area contributed by atoms with E-state index >= 15 is 0 Å². The third-order valence-corrected chi connectivity index (χ3v) is 2.65. The van der Waals surface area contributed by atoms with Gasteiger partial charge in [-0.05, 0) is 36.8 Å². The Hall–Kier alpha value is -2.05. The first-order chi connectivity index (χ1) is 8.20. The molecule has 1 aromatic heterocycles. The van der Waals surface area contributed by atoms with Crippen molar-refractivity contribution in [2.24, 2.45) is 0 Å². The van der Waals surface area contributed by atoms with Crippen LogP contribution in [0.2, 0.25) is 5.02 Å². The minimum absolute atomic E-state index is 0.553. The van der Waals surface area contributed by atoms with Crippen molar-refractivity contribution in [1.29, 1.82) is 5.26 Å². The number of hydrogen-bond acceptors (Lipinski definition) is 3. The van der Waals surface area contributed by atoms with Crippen molar-refractivity contribution in [2.45, 2.75) is 6.92 Å². The van der Waals surface area contributed by atoms with Crippen molar-refractivity contribution in [1.82, 2.24) is 4.98 Å². The van der Waals surface area contributed by atoms with E-state index in [1.165, 1.54) is 0 Å². The number of nitrogens with one attached hydrogen (secondary N) is 1. The van der Waals surface area contributed by atoms with Gasteiger partial charge in [-0.15, -0.1) is 0 Å². The summed E-state index contributed by atoms with van der Waals surface area (Å²) in [6.45, 7) is 1.97. The molecule has 0 aliphatic rings. The summed E-state index contributed by atoms with van der Waals surface area (Å²) in [4.78, 5) is 4.04. The number of aromatic nitrogens is 1. The number of benzene rings is 1. The molecule has 0 aliphatic heterocycles. The molecule has 0 atom stereocenters. The SMILES string of the molecule is Cc1ccncc1Nc1cc(Cl)ccc1C#N. The zero-order valence-electron chi connectivity index (χ0n) is 9.24. The van der Waals surface area contributed by atoms with Gasteiger partial charge in [0.1, 0.15) is 6.07 Å². The van der Waals surface area contributed by atoms with E-state index < -0.39 is 0 Å². The van der Waals surface area contributed by atoms with Crippen LogP contribution >= 0.6 is 11.6 Å². The van der Waals surface area contributed by atoms with Gasteiger partial charge in [0.05, 0.1) is 23.1 Å². The Bertz CT molecular complexity index is 587. The third kappa shape index (κ3) is 2.55. The summed E-state index contributed by atoms with van der Waals surface area (Å²) in [6.07, 6.45) is 3.45. The lowest BCUT2D eigenvalue weighted by Crippen LogP contribution is -1.96. The molecule has 0 spiro atoms. The maximum absolute atomic E-state index is 9.01. The lowest BCUT2D eigenvalue weighted by Gasteiger charge is -2.10. The molecular weight excluding hydrogens is 234 g/mol. The third-order valence-electron chi connectivity index (χ3n) is 2.41. The average molecular weight is 244 g/mol. The normalized spacial score (nSPS) is 9.71. The van der Waals surface area contributed by atoms with Crippen molar-refractivity contribution in [3.8, 4) is 6.07 Å². The smallest absolute Gasteiger partial charge is 0.101 e. The van der Waals surface area contributed by atoms with Crippen molar-refractivity contribution in [2.75, 3.05) is 5.32 Å². The van der Waals surface area contributed by atoms with E-state index in [2.05, 4.69) is 16.4 Å². The molecule has 0 saturated carbocycles. The first-order valence-corrected chi connectivity index (χ1v) is 5.46. The molecule has 0 amide bonds. The van der Waals surface area contributed by atoms with Gasteiger partial charge in [0.25, 0.3) is 0 Å². The molecule has 2 aromatic rings. The molecular formula is C13H10ClN3. The predicted octanol–water partition coefficient (Wildman–Crippen LogP) is 3.66. The number of hydrogen-bond donors (Lipinski definition) is 1. The number of halogens is 1. The highest BCUT2D eigenvalue weighted by atomic mass is 35.5. The molecule has 17 heavy (non-hydrogen) atoms. The van der Waals surface area contributed by atoms with Crippen LogP contribution in [0.3, 0.4) is 0 Å². The summed E-state index contributed by atoms with van der Waals surface area (Å²) in [5.41, 5.74) is 3.17. The first-order valence-electron chi connectivity index (χ1n) is 5.08. The number of nitrogens with zero attached hydrogens (tertiary/aromatic N) is 2. The number of nitriles is 1. The first kappa shape index (κ1) is 11.4. The number of anilines is 2. The van der Waals surface area contributed by atoms with Gasteiger partial charge in [0.15, 0.2) is 0 Å². The largest absolute Gasteiger partial charge is 0.353 e. The van der Waals surface area contributed by atoms with Crippen molar-refractivity contribution in [3.63, 3.8) is 0 Å². The quantitative estimate of drug-likeness (QED) is 0.876. The van der Waals surface area contributed by atoms with Gasteiger partial charge in [0, 0.05) is 11.2 Å². The molecule has 0 saturated heterocycles. The Morgan fingerprint density at radius 3 is 2.82 bits per heavy atom. The molecule has 2 rings (SSSR count). The fourth-order valence-electron chi connectivity index (χ4n) is 1.46. The van der Waals surface area contributed by atoms with Crippen LogP contribution in [0.1, 0.15) is 11.1 Å². The molecule has 1 N–H and O–H groups in total. The van der Waals surface area contributed by atoms with Gasteiger partial charge in [-0.2, -0.15) is 5.26 Å². The second-order valence-corrected chi connectivity index (χ2v) is 4.05. The highest BCUT2D eigenvalue weighted by Crippen LogP contribution is 2.25. The molecule has 0 radical (unpaired) electrons. The zero-order valence-corrected chi connectivity index (χ0v) is 9.99. The Morgan fingerprint density at radius 1 is 1.29 bits per heavy atom. The summed E-state index contributed by atoms with van der Waals surface area (Å²) in [6, 6.07) is 9.14. The Kier molecular flexibility index (Phi) is 3.27. The van der Waals surface area contributed by atoms with Gasteiger partial charge in [-0.1, -0.05) is 11.6 Å². The minimum Gasteiger partial charge on any atom is -0.353 e. The standard InChI is InChI=1S/C13H10ClN3/c1-9-4-5-16-8-13(9)17-12-6-11(14)3-2-10(12)7-15/h2-6,8,17H,1H3. The maximum Gasteiger partial charge on any atom is 0.101 e. The highest BCUT2D eigenvalue weighted by Gasteiger charge is 2.04. The second-order valence-electron chi connectivity index (χ2n) is 3.62. The molecule has 1 heterocycles. The van der Waals surface area contributed by atoms with E-state index in [1.54, 1.807) is 30.6 Å². The summed E-state index contributed by atoms with van der Waals surface area (Å²) in [7, 11) is 0. The van der Waals surface area contributed by atoms with Crippen LogP contribution in [-0.4, -0.2) is 4.98 Å². The zero-order chi connectivity index (χ0) is 12.3.